The summed E-state index contributed by atoms with van der Waals surface area (Å²) in [5.41, 5.74) is 4.26. The van der Waals surface area contributed by atoms with Gasteiger partial charge in [0.2, 0.25) is 0 Å². The molecule has 9 nitrogen and oxygen atoms in total. The Morgan fingerprint density at radius 2 is 1.52 bits per heavy atom. The van der Waals surface area contributed by atoms with Gasteiger partial charge in [0.1, 0.15) is 5.82 Å². The highest BCUT2D eigenvalue weighted by molar-refractivity contribution is 9.10. The normalized spacial score (nSPS) is 10.8. The van der Waals surface area contributed by atoms with Crippen LogP contribution >= 0.6 is 15.9 Å². The van der Waals surface area contributed by atoms with Crippen molar-refractivity contribution in [3.63, 3.8) is 0 Å². The van der Waals surface area contributed by atoms with E-state index < -0.39 is 0 Å². The van der Waals surface area contributed by atoms with Crippen molar-refractivity contribution >= 4 is 61.8 Å². The topological polar surface area (TPSA) is 108 Å². The van der Waals surface area contributed by atoms with Crippen LogP contribution in [0, 0.1) is 6.92 Å². The molecule has 0 radical (unpaired) electrons. The average molecular weight is 626 g/mol. The average Bonchev–Trinajstić information content (AvgIpc) is 2.99. The lowest BCUT2D eigenvalue weighted by Gasteiger charge is -2.19. The summed E-state index contributed by atoms with van der Waals surface area (Å²) in [4.78, 5) is 45.3. The molecule has 0 aliphatic rings. The van der Waals surface area contributed by atoms with Crippen LogP contribution in [0.4, 0.5) is 32.5 Å². The van der Waals surface area contributed by atoms with Crippen LogP contribution in [-0.2, 0) is 6.54 Å². The van der Waals surface area contributed by atoms with E-state index in [0.29, 0.717) is 46.1 Å². The van der Waals surface area contributed by atoms with Crippen LogP contribution in [0.5, 0.6) is 0 Å². The Hall–Kier alpha value is -4.96. The predicted molar refractivity (Wildman–Crippen MR) is 172 cm³/mol. The summed E-state index contributed by atoms with van der Waals surface area (Å²) in [6, 6.07) is 24.7. The molecule has 42 heavy (non-hydrogen) atoms. The second kappa shape index (κ2) is 12.3. The lowest BCUT2D eigenvalue weighted by molar-refractivity contribution is 0.257. The molecular weight excluding hydrogens is 596 g/mol. The Bertz CT molecular complexity index is 1840. The van der Waals surface area contributed by atoms with Gasteiger partial charge in [-0.3, -0.25) is 9.69 Å². The number of benzene rings is 3. The van der Waals surface area contributed by atoms with Crippen molar-refractivity contribution in [2.24, 2.45) is 0 Å². The SMILES string of the molecule is CCn1c(=O)c(-c2cc(NC(=O)Nc3ccccc3)c(C)cc2Br)cc2cnc(N(C)C(=O)Nc3ccccc3)cc21. The van der Waals surface area contributed by atoms with Crippen LogP contribution in [-0.4, -0.2) is 28.7 Å². The summed E-state index contributed by atoms with van der Waals surface area (Å²) in [5, 5.41) is 9.28. The lowest BCUT2D eigenvalue weighted by atomic mass is 10.0. The Morgan fingerprint density at radius 1 is 0.881 bits per heavy atom. The molecule has 0 saturated heterocycles. The maximum atomic E-state index is 13.8. The minimum Gasteiger partial charge on any atom is -0.308 e. The maximum Gasteiger partial charge on any atom is 0.327 e. The number of nitrogens with one attached hydrogen (secondary N) is 3. The molecule has 5 rings (SSSR count). The molecule has 0 spiro atoms. The molecule has 0 atom stereocenters. The van der Waals surface area contributed by atoms with Crippen molar-refractivity contribution in [2.75, 3.05) is 27.9 Å². The van der Waals surface area contributed by atoms with Crippen LogP contribution in [0.2, 0.25) is 0 Å². The summed E-state index contributed by atoms with van der Waals surface area (Å²) in [7, 11) is 1.63. The predicted octanol–water partition coefficient (Wildman–Crippen LogP) is 7.47. The smallest absolute Gasteiger partial charge is 0.308 e. The number of carbonyl (C=O) groups excluding carboxylic acids is 2. The number of hydrogen-bond acceptors (Lipinski definition) is 4. The lowest BCUT2D eigenvalue weighted by Crippen LogP contribution is -2.32. The summed E-state index contributed by atoms with van der Waals surface area (Å²) in [5.74, 6) is 0.401. The van der Waals surface area contributed by atoms with E-state index in [4.69, 9.17) is 0 Å². The van der Waals surface area contributed by atoms with E-state index >= 15 is 0 Å². The summed E-state index contributed by atoms with van der Waals surface area (Å²) < 4.78 is 2.37. The number of aromatic nitrogens is 2. The van der Waals surface area contributed by atoms with Crippen molar-refractivity contribution in [2.45, 2.75) is 20.4 Å². The molecule has 0 unspecified atom stereocenters. The highest BCUT2D eigenvalue weighted by Crippen LogP contribution is 2.33. The van der Waals surface area contributed by atoms with Gasteiger partial charge >= 0.3 is 12.1 Å². The molecule has 2 heterocycles. The second-order valence-electron chi connectivity index (χ2n) is 9.66. The van der Waals surface area contributed by atoms with Gasteiger partial charge in [-0.05, 0) is 61.9 Å². The van der Waals surface area contributed by atoms with Gasteiger partial charge in [0, 0.05) is 63.9 Å². The fraction of sp³-hybridized carbons (Fsp3) is 0.125. The first kappa shape index (κ1) is 28.6. The number of anilines is 4. The molecule has 0 saturated carbocycles. The maximum absolute atomic E-state index is 13.8. The van der Waals surface area contributed by atoms with Crippen molar-refractivity contribution in [1.82, 2.24) is 9.55 Å². The van der Waals surface area contributed by atoms with E-state index in [9.17, 15) is 14.4 Å². The zero-order valence-electron chi connectivity index (χ0n) is 23.3. The van der Waals surface area contributed by atoms with Gasteiger partial charge in [0.25, 0.3) is 5.56 Å². The van der Waals surface area contributed by atoms with E-state index in [1.807, 2.05) is 56.3 Å². The number of rotatable bonds is 6. The van der Waals surface area contributed by atoms with Gasteiger partial charge < -0.3 is 20.5 Å². The van der Waals surface area contributed by atoms with Gasteiger partial charge in [-0.25, -0.2) is 14.6 Å². The third-order valence-electron chi connectivity index (χ3n) is 6.84. The largest absolute Gasteiger partial charge is 0.327 e. The van der Waals surface area contributed by atoms with Gasteiger partial charge in [0.15, 0.2) is 0 Å². The molecule has 4 amide bonds. The van der Waals surface area contributed by atoms with Crippen LogP contribution in [0.15, 0.2) is 100 Å². The van der Waals surface area contributed by atoms with Crippen molar-refractivity contribution < 1.29 is 9.59 Å². The van der Waals surface area contributed by atoms with Crippen LogP contribution in [0.1, 0.15) is 12.5 Å². The van der Waals surface area contributed by atoms with Crippen molar-refractivity contribution in [3.05, 3.63) is 112 Å². The molecule has 2 aromatic heterocycles. The number of carbonyl (C=O) groups is 2. The molecule has 3 N–H and O–H groups in total. The number of fused-ring (bicyclic) bond motifs is 1. The molecule has 10 heteroatoms. The van der Waals surface area contributed by atoms with Crippen LogP contribution < -0.4 is 26.4 Å². The molecule has 0 aliphatic carbocycles. The third kappa shape index (κ3) is 6.03. The quantitative estimate of drug-likeness (QED) is 0.182. The first-order valence-corrected chi connectivity index (χ1v) is 14.1. The molecule has 5 aromatic rings. The highest BCUT2D eigenvalue weighted by atomic mass is 79.9. The summed E-state index contributed by atoms with van der Waals surface area (Å²) >= 11 is 3.61. The van der Waals surface area contributed by atoms with E-state index in [1.54, 1.807) is 60.3 Å². The standard InChI is InChI=1S/C32H29BrN6O3/c1-4-39-28-18-29(38(3)32(42)36-23-13-9-6-10-14-23)34-19-21(28)16-25(30(39)40)24-17-27(20(2)15-26(24)33)37-31(41)35-22-11-7-5-8-12-22/h5-19H,4H2,1-3H3,(H,36,42)(H2,35,37,41). The van der Waals surface area contributed by atoms with E-state index in [0.717, 1.165) is 15.4 Å². The minimum atomic E-state index is -0.390. The Morgan fingerprint density at radius 3 is 2.17 bits per heavy atom. The fourth-order valence-electron chi connectivity index (χ4n) is 4.60. The molecular formula is C32H29BrN6O3. The molecule has 0 bridgehead atoms. The zero-order valence-corrected chi connectivity index (χ0v) is 24.9. The number of hydrogen-bond donors (Lipinski definition) is 3. The number of amides is 4. The monoisotopic (exact) mass is 624 g/mol. The second-order valence-corrected chi connectivity index (χ2v) is 10.5. The number of para-hydroxylation sites is 2. The molecule has 3 aromatic carbocycles. The number of nitrogens with zero attached hydrogens (tertiary/aromatic N) is 3. The van der Waals surface area contributed by atoms with Gasteiger partial charge in [-0.1, -0.05) is 52.3 Å². The van der Waals surface area contributed by atoms with E-state index in [2.05, 4.69) is 36.9 Å². The van der Waals surface area contributed by atoms with Gasteiger partial charge in [-0.15, -0.1) is 0 Å². The van der Waals surface area contributed by atoms with Gasteiger partial charge in [0.05, 0.1) is 5.52 Å². The van der Waals surface area contributed by atoms with Gasteiger partial charge in [-0.2, -0.15) is 0 Å². The number of pyridine rings is 2. The minimum absolute atomic E-state index is 0.206. The Balaban J connectivity index is 1.48. The fourth-order valence-corrected chi connectivity index (χ4v) is 5.28. The first-order valence-electron chi connectivity index (χ1n) is 13.3. The number of aryl methyl sites for hydroxylation is 2. The molecule has 0 aliphatic heterocycles. The van der Waals surface area contributed by atoms with Crippen LogP contribution in [0.3, 0.4) is 0 Å². The zero-order chi connectivity index (χ0) is 29.8. The molecule has 0 fully saturated rings. The molecule has 212 valence electrons. The van der Waals surface area contributed by atoms with E-state index in [-0.39, 0.29) is 17.6 Å². The number of urea groups is 2. The Labute approximate surface area is 251 Å². The van der Waals surface area contributed by atoms with E-state index in [1.165, 1.54) is 4.90 Å². The summed E-state index contributed by atoms with van der Waals surface area (Å²) in [6.07, 6.45) is 1.65. The van der Waals surface area contributed by atoms with Crippen molar-refractivity contribution in [1.29, 1.82) is 0 Å². The highest BCUT2D eigenvalue weighted by Gasteiger charge is 2.18. The third-order valence-corrected chi connectivity index (χ3v) is 7.49. The Kier molecular flexibility index (Phi) is 8.35. The number of halogens is 1. The first-order chi connectivity index (χ1) is 20.2. The summed E-state index contributed by atoms with van der Waals surface area (Å²) in [6.45, 7) is 4.18. The van der Waals surface area contributed by atoms with Crippen LogP contribution in [0.25, 0.3) is 22.0 Å². The van der Waals surface area contributed by atoms with Crippen molar-refractivity contribution in [3.8, 4) is 11.1 Å².